The number of rotatable bonds is 7. The second-order valence-corrected chi connectivity index (χ2v) is 10.6. The minimum absolute atomic E-state index is 0.0271. The molecular weight excluding hydrogens is 518 g/mol. The Bertz CT molecular complexity index is 1490. The zero-order chi connectivity index (χ0) is 28.6. The number of carbonyl (C=O) groups excluding carboxylic acids is 2. The number of carbonyl (C=O) groups is 2. The number of fused-ring (bicyclic) bond motifs is 2. The lowest BCUT2D eigenvalue weighted by molar-refractivity contribution is -0.0455. The summed E-state index contributed by atoms with van der Waals surface area (Å²) in [6.45, 7) is 7.08. The van der Waals surface area contributed by atoms with Gasteiger partial charge >= 0.3 is 0 Å². The van der Waals surface area contributed by atoms with E-state index >= 15 is 0 Å². The van der Waals surface area contributed by atoms with Crippen LogP contribution in [-0.4, -0.2) is 51.0 Å². The standard InChI is InChI=1S/C30H32F2N4O4/c1-18(2)35-12-11-19(3)36-25(35)16-34-15-23(29(38)33-14-21-9-10-22(31)13-24(21)32)27(37)28(26(34)30(36)39)40-17-20-7-5-4-6-8-20/h4-10,13,15,18-19,25H,11-12,14,16-17H2,1-3H3,(H,33,38). The Balaban J connectivity index is 1.54. The maximum absolute atomic E-state index is 14.1. The van der Waals surface area contributed by atoms with Crippen molar-refractivity contribution in [3.8, 4) is 5.75 Å². The van der Waals surface area contributed by atoms with E-state index in [4.69, 9.17) is 4.74 Å². The van der Waals surface area contributed by atoms with Crippen LogP contribution < -0.4 is 15.5 Å². The summed E-state index contributed by atoms with van der Waals surface area (Å²) in [4.78, 5) is 44.9. The van der Waals surface area contributed by atoms with E-state index in [1.807, 2.05) is 42.2 Å². The first kappa shape index (κ1) is 27.5. The first-order chi connectivity index (χ1) is 19.2. The average Bonchev–Trinajstić information content (AvgIpc) is 2.92. The predicted molar refractivity (Wildman–Crippen MR) is 145 cm³/mol. The van der Waals surface area contributed by atoms with Crippen LogP contribution in [0.25, 0.3) is 0 Å². The molecule has 0 bridgehead atoms. The molecule has 3 heterocycles. The van der Waals surface area contributed by atoms with Crippen molar-refractivity contribution in [3.05, 3.63) is 99.0 Å². The SMILES string of the molecule is CC(C)N1CCC(C)N2C(=O)c3c(OCc4ccccc4)c(=O)c(C(=O)NCc4ccc(F)cc4F)cn3CC12. The van der Waals surface area contributed by atoms with E-state index in [1.54, 1.807) is 4.57 Å². The van der Waals surface area contributed by atoms with Gasteiger partial charge in [0.05, 0.1) is 6.54 Å². The molecule has 10 heteroatoms. The molecule has 1 aromatic heterocycles. The largest absolute Gasteiger partial charge is 0.483 e. The Morgan fingerprint density at radius 3 is 2.58 bits per heavy atom. The Labute approximate surface area is 231 Å². The highest BCUT2D eigenvalue weighted by Gasteiger charge is 2.44. The minimum Gasteiger partial charge on any atom is -0.483 e. The smallest absolute Gasteiger partial charge is 0.276 e. The van der Waals surface area contributed by atoms with E-state index in [9.17, 15) is 23.2 Å². The fourth-order valence-electron chi connectivity index (χ4n) is 5.47. The van der Waals surface area contributed by atoms with Crippen molar-refractivity contribution in [1.82, 2.24) is 19.7 Å². The maximum atomic E-state index is 14.1. The van der Waals surface area contributed by atoms with Gasteiger partial charge in [0.1, 0.15) is 30.0 Å². The summed E-state index contributed by atoms with van der Waals surface area (Å²) in [7, 11) is 0. The van der Waals surface area contributed by atoms with Gasteiger partial charge in [0.2, 0.25) is 5.43 Å². The summed E-state index contributed by atoms with van der Waals surface area (Å²) in [5, 5.41) is 2.55. The average molecular weight is 551 g/mol. The molecule has 0 spiro atoms. The molecule has 5 rings (SSSR count). The Morgan fingerprint density at radius 2 is 1.88 bits per heavy atom. The third-order valence-corrected chi connectivity index (χ3v) is 7.61. The van der Waals surface area contributed by atoms with Crippen molar-refractivity contribution in [2.75, 3.05) is 6.54 Å². The van der Waals surface area contributed by atoms with Gasteiger partial charge < -0.3 is 19.5 Å². The Morgan fingerprint density at radius 1 is 1.12 bits per heavy atom. The van der Waals surface area contributed by atoms with Gasteiger partial charge in [-0.05, 0) is 38.8 Å². The third-order valence-electron chi connectivity index (χ3n) is 7.61. The van der Waals surface area contributed by atoms with Crippen LogP contribution in [0, 0.1) is 11.6 Å². The molecule has 0 radical (unpaired) electrons. The van der Waals surface area contributed by atoms with Crippen molar-refractivity contribution in [3.63, 3.8) is 0 Å². The molecule has 1 fully saturated rings. The van der Waals surface area contributed by atoms with Crippen molar-refractivity contribution in [2.45, 2.75) is 65.1 Å². The Kier molecular flexibility index (Phi) is 7.71. The van der Waals surface area contributed by atoms with Crippen LogP contribution in [0.4, 0.5) is 8.78 Å². The first-order valence-electron chi connectivity index (χ1n) is 13.4. The van der Waals surface area contributed by atoms with Crippen molar-refractivity contribution in [1.29, 1.82) is 0 Å². The van der Waals surface area contributed by atoms with Gasteiger partial charge in [-0.1, -0.05) is 36.4 Å². The van der Waals surface area contributed by atoms with E-state index in [0.29, 0.717) is 6.54 Å². The van der Waals surface area contributed by atoms with Crippen LogP contribution in [0.5, 0.6) is 5.75 Å². The summed E-state index contributed by atoms with van der Waals surface area (Å²) in [6.07, 6.45) is 1.93. The summed E-state index contributed by atoms with van der Waals surface area (Å²) in [5.41, 5.74) is 0.0199. The third kappa shape index (κ3) is 5.23. The fourth-order valence-corrected chi connectivity index (χ4v) is 5.47. The van der Waals surface area contributed by atoms with Crippen LogP contribution in [0.2, 0.25) is 0 Å². The van der Waals surface area contributed by atoms with E-state index in [1.165, 1.54) is 12.3 Å². The fraction of sp³-hybridized carbons (Fsp3) is 0.367. The van der Waals surface area contributed by atoms with Gasteiger partial charge in [0, 0.05) is 43.0 Å². The number of amides is 2. The summed E-state index contributed by atoms with van der Waals surface area (Å²) in [6, 6.07) is 12.4. The lowest BCUT2D eigenvalue weighted by Crippen LogP contribution is -2.65. The number of nitrogens with one attached hydrogen (secondary N) is 1. The van der Waals surface area contributed by atoms with Gasteiger partial charge in [-0.3, -0.25) is 19.3 Å². The predicted octanol–water partition coefficient (Wildman–Crippen LogP) is 3.92. The Hall–Kier alpha value is -4.05. The van der Waals surface area contributed by atoms with E-state index in [-0.39, 0.29) is 59.9 Å². The van der Waals surface area contributed by atoms with Gasteiger partial charge in [-0.15, -0.1) is 0 Å². The van der Waals surface area contributed by atoms with Crippen LogP contribution in [0.1, 0.15) is 59.2 Å². The number of halogens is 2. The molecule has 2 atom stereocenters. The molecule has 1 saturated heterocycles. The molecule has 2 aromatic carbocycles. The molecule has 2 amide bonds. The molecule has 210 valence electrons. The molecule has 1 N–H and O–H groups in total. The molecule has 8 nitrogen and oxygen atoms in total. The highest BCUT2D eigenvalue weighted by atomic mass is 19.1. The van der Waals surface area contributed by atoms with Crippen LogP contribution in [0.15, 0.2) is 59.5 Å². The van der Waals surface area contributed by atoms with Crippen LogP contribution in [-0.2, 0) is 19.7 Å². The summed E-state index contributed by atoms with van der Waals surface area (Å²) < 4.78 is 35.1. The van der Waals surface area contributed by atoms with Gasteiger partial charge in [0.15, 0.2) is 11.4 Å². The van der Waals surface area contributed by atoms with Gasteiger partial charge in [-0.25, -0.2) is 8.78 Å². The molecule has 40 heavy (non-hydrogen) atoms. The molecule has 0 aliphatic carbocycles. The molecule has 2 aliphatic heterocycles. The lowest BCUT2D eigenvalue weighted by Gasteiger charge is -2.51. The van der Waals surface area contributed by atoms with E-state index < -0.39 is 23.0 Å². The van der Waals surface area contributed by atoms with Crippen molar-refractivity contribution < 1.29 is 23.1 Å². The molecular formula is C30H32F2N4O4. The lowest BCUT2D eigenvalue weighted by atomic mass is 10.0. The maximum Gasteiger partial charge on any atom is 0.276 e. The number of pyridine rings is 1. The molecule has 2 aliphatic rings. The number of benzene rings is 2. The minimum atomic E-state index is -0.805. The monoisotopic (exact) mass is 550 g/mol. The molecule has 2 unspecified atom stereocenters. The molecule has 0 saturated carbocycles. The highest BCUT2D eigenvalue weighted by Crippen LogP contribution is 2.32. The summed E-state index contributed by atoms with van der Waals surface area (Å²) in [5.74, 6) is -2.80. The first-order valence-corrected chi connectivity index (χ1v) is 13.4. The van der Waals surface area contributed by atoms with Crippen molar-refractivity contribution in [2.24, 2.45) is 0 Å². The normalized spacial score (nSPS) is 18.9. The second kappa shape index (κ2) is 11.2. The van der Waals surface area contributed by atoms with E-state index in [0.717, 1.165) is 30.7 Å². The quantitative estimate of drug-likeness (QED) is 0.482. The zero-order valence-electron chi connectivity index (χ0n) is 22.7. The summed E-state index contributed by atoms with van der Waals surface area (Å²) >= 11 is 0. The number of nitrogens with zero attached hydrogens (tertiary/aromatic N) is 3. The number of aromatic nitrogens is 1. The van der Waals surface area contributed by atoms with Crippen molar-refractivity contribution >= 4 is 11.8 Å². The van der Waals surface area contributed by atoms with Gasteiger partial charge in [-0.2, -0.15) is 0 Å². The molecule has 3 aromatic rings. The number of hydrogen-bond acceptors (Lipinski definition) is 5. The number of ether oxygens (including phenoxy) is 1. The van der Waals surface area contributed by atoms with Crippen LogP contribution in [0.3, 0.4) is 0 Å². The van der Waals surface area contributed by atoms with Crippen LogP contribution >= 0.6 is 0 Å². The van der Waals surface area contributed by atoms with Gasteiger partial charge in [0.25, 0.3) is 11.8 Å². The topological polar surface area (TPSA) is 83.9 Å². The zero-order valence-corrected chi connectivity index (χ0v) is 22.7. The second-order valence-electron chi connectivity index (χ2n) is 10.6. The van der Waals surface area contributed by atoms with E-state index in [2.05, 4.69) is 24.1 Å². The number of hydrogen-bond donors (Lipinski definition) is 1. The highest BCUT2D eigenvalue weighted by molar-refractivity contribution is 5.99.